The number of hydrogen-bond acceptors (Lipinski definition) is 4. The summed E-state index contributed by atoms with van der Waals surface area (Å²) in [6.07, 6.45) is 7.07. The number of anilines is 2. The Balaban J connectivity index is 1.20. The van der Waals surface area contributed by atoms with Crippen LogP contribution in [0.5, 0.6) is 5.75 Å². The summed E-state index contributed by atoms with van der Waals surface area (Å²) in [6, 6.07) is 21.6. The third kappa shape index (κ3) is 4.39. The van der Waals surface area contributed by atoms with Gasteiger partial charge in [-0.2, -0.15) is 5.10 Å². The fourth-order valence-corrected chi connectivity index (χ4v) is 6.17. The third-order valence-corrected chi connectivity index (χ3v) is 8.32. The first-order valence-corrected chi connectivity index (χ1v) is 13.8. The first-order chi connectivity index (χ1) is 19.1. The van der Waals surface area contributed by atoms with E-state index >= 15 is 0 Å². The fraction of sp³-hybridized carbons (Fsp3) is 0.323. The van der Waals surface area contributed by atoms with E-state index in [-0.39, 0.29) is 23.6 Å². The van der Waals surface area contributed by atoms with Crippen LogP contribution in [0.15, 0.2) is 72.9 Å². The molecule has 1 aliphatic carbocycles. The van der Waals surface area contributed by atoms with Gasteiger partial charge in [-0.1, -0.05) is 48.5 Å². The van der Waals surface area contributed by atoms with Crippen molar-refractivity contribution in [2.45, 2.75) is 56.7 Å². The van der Waals surface area contributed by atoms with Crippen LogP contribution in [0.4, 0.5) is 16.2 Å². The largest absolute Gasteiger partial charge is 0.487 e. The molecule has 1 unspecified atom stereocenters. The number of nitrogens with one attached hydrogen (secondary N) is 2. The van der Waals surface area contributed by atoms with Gasteiger partial charge in [-0.15, -0.1) is 0 Å². The summed E-state index contributed by atoms with van der Waals surface area (Å²) in [6.45, 7) is 1.26. The lowest BCUT2D eigenvalue weighted by molar-refractivity contribution is -0.117. The minimum atomic E-state index is -0.284. The molecule has 0 bridgehead atoms. The summed E-state index contributed by atoms with van der Waals surface area (Å²) in [5.41, 5.74) is 4.23. The van der Waals surface area contributed by atoms with Crippen molar-refractivity contribution in [1.82, 2.24) is 15.1 Å². The molecule has 1 saturated carbocycles. The molecule has 3 aliphatic rings. The van der Waals surface area contributed by atoms with Gasteiger partial charge in [0, 0.05) is 36.0 Å². The Morgan fingerprint density at radius 2 is 1.87 bits per heavy atom. The molecule has 3 amide bonds. The van der Waals surface area contributed by atoms with Gasteiger partial charge in [-0.05, 0) is 49.4 Å². The number of aromatic nitrogens is 2. The molecule has 198 valence electrons. The van der Waals surface area contributed by atoms with Crippen LogP contribution in [-0.4, -0.2) is 33.9 Å². The minimum Gasteiger partial charge on any atom is -0.487 e. The molecular formula is C31H31N5O3. The van der Waals surface area contributed by atoms with E-state index in [0.717, 1.165) is 65.6 Å². The van der Waals surface area contributed by atoms with Gasteiger partial charge in [-0.3, -0.25) is 9.48 Å². The second kappa shape index (κ2) is 9.45. The van der Waals surface area contributed by atoms with Crippen molar-refractivity contribution >= 4 is 34.2 Å². The lowest BCUT2D eigenvalue weighted by atomic mass is 9.73. The zero-order valence-corrected chi connectivity index (χ0v) is 21.7. The molecule has 2 aliphatic heterocycles. The second-order valence-electron chi connectivity index (χ2n) is 10.9. The topological polar surface area (TPSA) is 88.5 Å². The van der Waals surface area contributed by atoms with E-state index in [9.17, 15) is 9.59 Å². The fourth-order valence-electron chi connectivity index (χ4n) is 6.17. The van der Waals surface area contributed by atoms with E-state index in [1.807, 2.05) is 59.3 Å². The molecule has 39 heavy (non-hydrogen) atoms. The second-order valence-corrected chi connectivity index (χ2v) is 10.9. The van der Waals surface area contributed by atoms with Crippen molar-refractivity contribution in [3.05, 3.63) is 84.1 Å². The van der Waals surface area contributed by atoms with Gasteiger partial charge in [0.15, 0.2) is 0 Å². The van der Waals surface area contributed by atoms with Crippen molar-refractivity contribution in [2.75, 3.05) is 16.8 Å². The predicted octanol–water partition coefficient (Wildman–Crippen LogP) is 5.78. The number of urea groups is 1. The van der Waals surface area contributed by atoms with Crippen molar-refractivity contribution < 1.29 is 14.3 Å². The zero-order chi connectivity index (χ0) is 26.4. The number of ether oxygens (including phenoxy) is 1. The van der Waals surface area contributed by atoms with Crippen LogP contribution in [0.1, 0.15) is 55.7 Å². The van der Waals surface area contributed by atoms with Crippen molar-refractivity contribution in [3.8, 4) is 5.75 Å². The monoisotopic (exact) mass is 521 g/mol. The maximum Gasteiger partial charge on any atom is 0.319 e. The zero-order valence-electron chi connectivity index (χ0n) is 21.7. The summed E-state index contributed by atoms with van der Waals surface area (Å²) in [4.78, 5) is 27.9. The van der Waals surface area contributed by atoms with E-state index in [1.54, 1.807) is 11.1 Å². The molecule has 1 saturated heterocycles. The Labute approximate surface area is 226 Å². The summed E-state index contributed by atoms with van der Waals surface area (Å²) >= 11 is 0. The van der Waals surface area contributed by atoms with Crippen LogP contribution in [-0.2, 0) is 11.3 Å². The van der Waals surface area contributed by atoms with Gasteiger partial charge < -0.3 is 20.3 Å². The average molecular weight is 522 g/mol. The van der Waals surface area contributed by atoms with E-state index < -0.39 is 0 Å². The molecular weight excluding hydrogens is 490 g/mol. The highest BCUT2D eigenvalue weighted by molar-refractivity contribution is 6.05. The molecule has 1 atom stereocenters. The molecule has 1 aromatic heterocycles. The Bertz CT molecular complexity index is 1560. The number of rotatable bonds is 5. The number of benzene rings is 3. The minimum absolute atomic E-state index is 0.100. The highest BCUT2D eigenvalue weighted by atomic mass is 16.5. The van der Waals surface area contributed by atoms with Crippen LogP contribution in [0.3, 0.4) is 0 Å². The van der Waals surface area contributed by atoms with Crippen LogP contribution in [0, 0.1) is 0 Å². The number of para-hydroxylation sites is 1. The molecule has 4 aromatic rings. The number of carbonyl (C=O) groups excluding carboxylic acids is 2. The molecule has 1 spiro atoms. The Hall–Kier alpha value is -4.33. The molecule has 7 rings (SSSR count). The SMILES string of the molecule is O=C(Nc1cc(N2CCCC2=O)cc2c1cnn2Cc1ccccc1)NC1CC2(CCC2)Oc2ccccc21. The van der Waals surface area contributed by atoms with E-state index in [1.165, 1.54) is 0 Å². The maximum atomic E-state index is 13.5. The first-order valence-electron chi connectivity index (χ1n) is 13.8. The Morgan fingerprint density at radius 1 is 1.05 bits per heavy atom. The van der Waals surface area contributed by atoms with Gasteiger partial charge in [-0.25, -0.2) is 4.79 Å². The summed E-state index contributed by atoms with van der Waals surface area (Å²) in [5.74, 6) is 0.955. The Morgan fingerprint density at radius 3 is 2.64 bits per heavy atom. The van der Waals surface area contributed by atoms with Crippen LogP contribution in [0.2, 0.25) is 0 Å². The van der Waals surface area contributed by atoms with E-state index in [2.05, 4.69) is 27.9 Å². The van der Waals surface area contributed by atoms with Gasteiger partial charge in [0.1, 0.15) is 11.4 Å². The summed E-state index contributed by atoms with van der Waals surface area (Å²) in [7, 11) is 0. The van der Waals surface area contributed by atoms with E-state index in [4.69, 9.17) is 4.74 Å². The van der Waals surface area contributed by atoms with Crippen molar-refractivity contribution in [3.63, 3.8) is 0 Å². The highest BCUT2D eigenvalue weighted by Crippen LogP contribution is 2.48. The van der Waals surface area contributed by atoms with Gasteiger partial charge in [0.05, 0.1) is 30.0 Å². The first kappa shape index (κ1) is 23.8. The van der Waals surface area contributed by atoms with Crippen LogP contribution in [0.25, 0.3) is 10.9 Å². The molecule has 2 N–H and O–H groups in total. The summed E-state index contributed by atoms with van der Waals surface area (Å²) < 4.78 is 8.28. The van der Waals surface area contributed by atoms with Gasteiger partial charge in [0.25, 0.3) is 0 Å². The molecule has 8 nitrogen and oxygen atoms in total. The van der Waals surface area contributed by atoms with Crippen LogP contribution < -0.4 is 20.3 Å². The quantitative estimate of drug-likeness (QED) is 0.349. The molecule has 3 heterocycles. The number of amides is 3. The maximum absolute atomic E-state index is 13.5. The lowest BCUT2D eigenvalue weighted by Crippen LogP contribution is -2.50. The number of nitrogens with zero attached hydrogens (tertiary/aromatic N) is 3. The highest BCUT2D eigenvalue weighted by Gasteiger charge is 2.45. The van der Waals surface area contributed by atoms with Crippen molar-refractivity contribution in [1.29, 1.82) is 0 Å². The standard InChI is InChI=1S/C31H31N5O3/c37-29-12-6-15-35(29)22-16-25(24-19-32-36(27(24)17-22)20-21-8-2-1-3-9-21)33-30(38)34-26-18-31(13-7-14-31)39-28-11-5-4-10-23(26)28/h1-5,8-11,16-17,19,26H,6-7,12-15,18,20H2,(H2,33,34,38). The molecule has 2 fully saturated rings. The normalized spacial score (nSPS) is 19.4. The lowest BCUT2D eigenvalue weighted by Gasteiger charge is -2.48. The third-order valence-electron chi connectivity index (χ3n) is 8.32. The number of hydrogen-bond donors (Lipinski definition) is 2. The molecule has 8 heteroatoms. The van der Waals surface area contributed by atoms with Crippen LogP contribution >= 0.6 is 0 Å². The molecule has 3 aromatic carbocycles. The molecule has 0 radical (unpaired) electrons. The van der Waals surface area contributed by atoms with Crippen molar-refractivity contribution in [2.24, 2.45) is 0 Å². The number of fused-ring (bicyclic) bond motifs is 2. The van der Waals surface area contributed by atoms with Gasteiger partial charge >= 0.3 is 6.03 Å². The average Bonchev–Trinajstić information content (AvgIpc) is 3.54. The number of carbonyl (C=O) groups is 2. The Kier molecular flexibility index (Phi) is 5.76. The van der Waals surface area contributed by atoms with E-state index in [0.29, 0.717) is 25.2 Å². The smallest absolute Gasteiger partial charge is 0.319 e. The summed E-state index contributed by atoms with van der Waals surface area (Å²) in [5, 5.41) is 11.8. The predicted molar refractivity (Wildman–Crippen MR) is 150 cm³/mol. The van der Waals surface area contributed by atoms with Gasteiger partial charge in [0.2, 0.25) is 5.91 Å².